The summed E-state index contributed by atoms with van der Waals surface area (Å²) in [6, 6.07) is 0. The third-order valence-electron chi connectivity index (χ3n) is 3.34. The zero-order chi connectivity index (χ0) is 10.9. The molecule has 1 aliphatic rings. The van der Waals surface area contributed by atoms with Crippen LogP contribution in [0.4, 0.5) is 0 Å². The molecule has 0 heterocycles. The van der Waals surface area contributed by atoms with Gasteiger partial charge in [0.05, 0.1) is 11.8 Å². The topological polar surface area (TPSA) is 74.6 Å². The van der Waals surface area contributed by atoms with E-state index in [1.807, 2.05) is 13.8 Å². The van der Waals surface area contributed by atoms with E-state index in [2.05, 4.69) is 0 Å². The molecular weight excluding hydrogens is 184 g/mol. The molecule has 0 bridgehead atoms. The van der Waals surface area contributed by atoms with Gasteiger partial charge in [-0.2, -0.15) is 0 Å². The number of aliphatic carboxylic acids is 2. The second-order valence-electron chi connectivity index (χ2n) is 4.32. The van der Waals surface area contributed by atoms with Gasteiger partial charge in [-0.05, 0) is 24.7 Å². The van der Waals surface area contributed by atoms with Gasteiger partial charge in [0.2, 0.25) is 0 Å². The van der Waals surface area contributed by atoms with Gasteiger partial charge in [-0.1, -0.05) is 13.8 Å². The van der Waals surface area contributed by atoms with E-state index < -0.39 is 23.8 Å². The Balaban J connectivity index is 2.80. The highest BCUT2D eigenvalue weighted by atomic mass is 16.4. The van der Waals surface area contributed by atoms with E-state index in [9.17, 15) is 9.59 Å². The first-order chi connectivity index (χ1) is 6.43. The first-order valence-electron chi connectivity index (χ1n) is 4.89. The highest BCUT2D eigenvalue weighted by Gasteiger charge is 2.40. The molecule has 0 aromatic carbocycles. The van der Waals surface area contributed by atoms with Gasteiger partial charge in [-0.25, -0.2) is 0 Å². The zero-order valence-electron chi connectivity index (χ0n) is 8.43. The number of carboxylic acids is 2. The van der Waals surface area contributed by atoms with Crippen molar-refractivity contribution in [3.05, 3.63) is 0 Å². The lowest BCUT2D eigenvalue weighted by Gasteiger charge is -2.34. The molecule has 1 saturated carbocycles. The van der Waals surface area contributed by atoms with Crippen LogP contribution in [-0.2, 0) is 9.59 Å². The van der Waals surface area contributed by atoms with E-state index in [0.717, 1.165) is 0 Å². The van der Waals surface area contributed by atoms with Gasteiger partial charge in [0, 0.05) is 0 Å². The first kappa shape index (κ1) is 11.0. The normalized spacial score (nSPS) is 37.9. The maximum absolute atomic E-state index is 10.9. The third kappa shape index (κ3) is 2.05. The summed E-state index contributed by atoms with van der Waals surface area (Å²) in [7, 11) is 0. The maximum Gasteiger partial charge on any atom is 0.307 e. The van der Waals surface area contributed by atoms with Gasteiger partial charge in [0.1, 0.15) is 0 Å². The molecule has 0 amide bonds. The molecule has 0 aromatic rings. The molecule has 2 N–H and O–H groups in total. The van der Waals surface area contributed by atoms with Crippen LogP contribution in [0.15, 0.2) is 0 Å². The van der Waals surface area contributed by atoms with E-state index in [0.29, 0.717) is 24.7 Å². The number of carbonyl (C=O) groups is 2. The van der Waals surface area contributed by atoms with Crippen molar-refractivity contribution in [2.24, 2.45) is 23.7 Å². The molecule has 0 radical (unpaired) electrons. The van der Waals surface area contributed by atoms with Gasteiger partial charge >= 0.3 is 11.9 Å². The van der Waals surface area contributed by atoms with Crippen molar-refractivity contribution in [3.63, 3.8) is 0 Å². The second-order valence-corrected chi connectivity index (χ2v) is 4.32. The van der Waals surface area contributed by atoms with Crippen LogP contribution in [0.5, 0.6) is 0 Å². The molecule has 4 heteroatoms. The molecule has 0 spiro atoms. The van der Waals surface area contributed by atoms with Crippen molar-refractivity contribution in [1.82, 2.24) is 0 Å². The predicted molar refractivity (Wildman–Crippen MR) is 49.8 cm³/mol. The van der Waals surface area contributed by atoms with E-state index in [-0.39, 0.29) is 0 Å². The average Bonchev–Trinajstić information content (AvgIpc) is 2.08. The zero-order valence-corrected chi connectivity index (χ0v) is 8.43. The summed E-state index contributed by atoms with van der Waals surface area (Å²) in [6.45, 7) is 3.97. The Morgan fingerprint density at radius 2 is 1.21 bits per heavy atom. The molecule has 80 valence electrons. The fraction of sp³-hybridized carbons (Fsp3) is 0.800. The van der Waals surface area contributed by atoms with Gasteiger partial charge in [0.25, 0.3) is 0 Å². The number of carboxylic acid groups (broad SMARTS) is 2. The number of rotatable bonds is 2. The van der Waals surface area contributed by atoms with Crippen molar-refractivity contribution in [1.29, 1.82) is 0 Å². The van der Waals surface area contributed by atoms with Gasteiger partial charge in [0.15, 0.2) is 0 Å². The smallest absolute Gasteiger partial charge is 0.307 e. The average molecular weight is 200 g/mol. The molecule has 4 nitrogen and oxygen atoms in total. The summed E-state index contributed by atoms with van der Waals surface area (Å²) in [5.41, 5.74) is 0. The molecule has 4 atom stereocenters. The molecule has 1 rings (SSSR count). The van der Waals surface area contributed by atoms with Crippen molar-refractivity contribution in [3.8, 4) is 0 Å². The van der Waals surface area contributed by atoms with Crippen LogP contribution in [0.2, 0.25) is 0 Å². The summed E-state index contributed by atoms with van der Waals surface area (Å²) in [5, 5.41) is 17.8. The minimum absolute atomic E-state index is 0.298. The van der Waals surface area contributed by atoms with E-state index in [1.165, 1.54) is 0 Å². The summed E-state index contributed by atoms with van der Waals surface area (Å²) in [6.07, 6.45) is 0.959. The molecule has 0 aromatic heterocycles. The molecule has 1 fully saturated rings. The van der Waals surface area contributed by atoms with E-state index in [1.54, 1.807) is 0 Å². The van der Waals surface area contributed by atoms with Crippen molar-refractivity contribution < 1.29 is 19.8 Å². The highest BCUT2D eigenvalue weighted by molar-refractivity contribution is 5.80. The summed E-state index contributed by atoms with van der Waals surface area (Å²) >= 11 is 0. The third-order valence-corrected chi connectivity index (χ3v) is 3.34. The van der Waals surface area contributed by atoms with Crippen LogP contribution < -0.4 is 0 Å². The lowest BCUT2D eigenvalue weighted by atomic mass is 9.69. The molecule has 1 aliphatic carbocycles. The van der Waals surface area contributed by atoms with Crippen molar-refractivity contribution in [2.75, 3.05) is 0 Å². The van der Waals surface area contributed by atoms with Gasteiger partial charge < -0.3 is 10.2 Å². The van der Waals surface area contributed by atoms with E-state index >= 15 is 0 Å². The quantitative estimate of drug-likeness (QED) is 0.707. The fourth-order valence-corrected chi connectivity index (χ4v) is 2.14. The fourth-order valence-electron chi connectivity index (χ4n) is 2.14. The van der Waals surface area contributed by atoms with Crippen LogP contribution in [0, 0.1) is 23.7 Å². The minimum Gasteiger partial charge on any atom is -0.481 e. The predicted octanol–water partition coefficient (Wildman–Crippen LogP) is 1.45. The monoisotopic (exact) mass is 200 g/mol. The van der Waals surface area contributed by atoms with Gasteiger partial charge in [-0.3, -0.25) is 9.59 Å². The summed E-state index contributed by atoms with van der Waals surface area (Å²) in [4.78, 5) is 21.7. The van der Waals surface area contributed by atoms with Crippen LogP contribution in [0.1, 0.15) is 26.7 Å². The Morgan fingerprint density at radius 1 is 0.929 bits per heavy atom. The summed E-state index contributed by atoms with van der Waals surface area (Å²) in [5.74, 6) is -2.77. The molecule has 0 saturated heterocycles. The highest BCUT2D eigenvalue weighted by Crippen LogP contribution is 2.37. The van der Waals surface area contributed by atoms with Crippen molar-refractivity contribution in [2.45, 2.75) is 26.7 Å². The lowest BCUT2D eigenvalue weighted by Crippen LogP contribution is -2.38. The van der Waals surface area contributed by atoms with Crippen LogP contribution in [0.25, 0.3) is 0 Å². The first-order valence-corrected chi connectivity index (χ1v) is 4.89. The van der Waals surface area contributed by atoms with Crippen LogP contribution in [-0.4, -0.2) is 22.2 Å². The molecule has 0 unspecified atom stereocenters. The number of hydrogen-bond donors (Lipinski definition) is 2. The molecular formula is C10H16O4. The largest absolute Gasteiger partial charge is 0.481 e. The van der Waals surface area contributed by atoms with E-state index in [4.69, 9.17) is 10.2 Å². The Hall–Kier alpha value is -1.06. The van der Waals surface area contributed by atoms with Crippen molar-refractivity contribution >= 4 is 11.9 Å². The Morgan fingerprint density at radius 3 is 1.43 bits per heavy atom. The lowest BCUT2D eigenvalue weighted by molar-refractivity contribution is -0.157. The maximum atomic E-state index is 10.9. The molecule has 0 aliphatic heterocycles. The Labute approximate surface area is 82.9 Å². The van der Waals surface area contributed by atoms with Crippen LogP contribution >= 0.6 is 0 Å². The molecule has 14 heavy (non-hydrogen) atoms. The Bertz CT molecular complexity index is 223. The summed E-state index contributed by atoms with van der Waals surface area (Å²) < 4.78 is 0. The number of hydrogen-bond acceptors (Lipinski definition) is 2. The van der Waals surface area contributed by atoms with Gasteiger partial charge in [-0.15, -0.1) is 0 Å². The van der Waals surface area contributed by atoms with Crippen LogP contribution in [0.3, 0.4) is 0 Å². The SMILES string of the molecule is C[C@H]1C[C@H](C(=O)O)[C@@H](C(=O)O)C[C@@H]1C. The standard InChI is InChI=1S/C10H16O4/c1-5-3-7(9(11)12)8(10(13)14)4-6(5)2/h5-8H,3-4H2,1-2H3,(H,11,12)(H,13,14)/t5-,6-,7-,8-/m0/s1. The minimum atomic E-state index is -0.976. The second kappa shape index (κ2) is 3.98. The Kier molecular flexibility index (Phi) is 3.13.